The lowest BCUT2D eigenvalue weighted by Crippen LogP contribution is -2.37. The fourth-order valence-electron chi connectivity index (χ4n) is 5.17. The zero-order chi connectivity index (χ0) is 20.7. The molecule has 1 aromatic carbocycles. The van der Waals surface area contributed by atoms with Gasteiger partial charge in [-0.05, 0) is 36.8 Å². The number of nitrogens with zero attached hydrogens (tertiary/aromatic N) is 1. The van der Waals surface area contributed by atoms with Crippen molar-refractivity contribution in [3.63, 3.8) is 0 Å². The molecule has 7 heteroatoms. The predicted octanol–water partition coefficient (Wildman–Crippen LogP) is 4.84. The number of rotatable bonds is 7. The standard InChI is InChI=1S/C22H25Br2NO4/c1-2-3-4-5-9-16(26)29-13-8-6-7-12(10-13)25-21(27)17-14-11-15(18(17)22(25)28)20(24)19(14)23/h6-8,10,14-15,17-20H,2-5,9,11H2,1H3/t14-,15-,17-,18+,19-,20-/m1/s1. The first-order chi connectivity index (χ1) is 13.9. The van der Waals surface area contributed by atoms with Gasteiger partial charge in [-0.3, -0.25) is 14.4 Å². The molecular formula is C22H25Br2NO4. The van der Waals surface area contributed by atoms with Crippen LogP contribution in [-0.4, -0.2) is 27.4 Å². The number of alkyl halides is 2. The smallest absolute Gasteiger partial charge is 0.311 e. The van der Waals surface area contributed by atoms with Gasteiger partial charge in [0.15, 0.2) is 0 Å². The minimum Gasteiger partial charge on any atom is -0.426 e. The van der Waals surface area contributed by atoms with Gasteiger partial charge in [-0.25, -0.2) is 4.90 Å². The number of fused-ring (bicyclic) bond motifs is 5. The van der Waals surface area contributed by atoms with Crippen molar-refractivity contribution in [2.24, 2.45) is 23.7 Å². The number of anilines is 1. The number of halogens is 2. The molecule has 1 heterocycles. The maximum absolute atomic E-state index is 13.1. The number of hydrogen-bond acceptors (Lipinski definition) is 4. The third kappa shape index (κ3) is 3.69. The molecule has 0 unspecified atom stereocenters. The minimum atomic E-state index is -0.281. The number of unbranched alkanes of at least 4 members (excludes halogenated alkanes) is 3. The summed E-state index contributed by atoms with van der Waals surface area (Å²) in [5.41, 5.74) is 0.488. The van der Waals surface area contributed by atoms with Crippen LogP contribution >= 0.6 is 31.9 Å². The molecule has 1 aliphatic heterocycles. The summed E-state index contributed by atoms with van der Waals surface area (Å²) in [4.78, 5) is 40.1. The molecule has 3 aliphatic rings. The summed E-state index contributed by atoms with van der Waals surface area (Å²) >= 11 is 7.41. The van der Waals surface area contributed by atoms with Gasteiger partial charge >= 0.3 is 5.97 Å². The Bertz CT molecular complexity index is 797. The van der Waals surface area contributed by atoms with Gasteiger partial charge in [-0.15, -0.1) is 0 Å². The molecular weight excluding hydrogens is 502 g/mol. The summed E-state index contributed by atoms with van der Waals surface area (Å²) in [6, 6.07) is 6.76. The van der Waals surface area contributed by atoms with E-state index >= 15 is 0 Å². The van der Waals surface area contributed by atoms with Gasteiger partial charge in [0.1, 0.15) is 5.75 Å². The largest absolute Gasteiger partial charge is 0.426 e. The molecule has 1 saturated heterocycles. The van der Waals surface area contributed by atoms with E-state index in [-0.39, 0.29) is 51.1 Å². The molecule has 0 N–H and O–H groups in total. The third-order valence-electron chi connectivity index (χ3n) is 6.53. The van der Waals surface area contributed by atoms with Crippen molar-refractivity contribution in [2.45, 2.75) is 55.1 Å². The Morgan fingerprint density at radius 1 is 1.07 bits per heavy atom. The molecule has 0 aromatic heterocycles. The Balaban J connectivity index is 1.47. The van der Waals surface area contributed by atoms with Gasteiger partial charge in [0, 0.05) is 22.1 Å². The van der Waals surface area contributed by atoms with E-state index in [2.05, 4.69) is 38.8 Å². The first-order valence-electron chi connectivity index (χ1n) is 10.4. The quantitative estimate of drug-likeness (QED) is 0.167. The first kappa shape index (κ1) is 21.0. The Hall–Kier alpha value is -1.21. The maximum atomic E-state index is 13.1. The monoisotopic (exact) mass is 525 g/mol. The fourth-order valence-corrected chi connectivity index (χ4v) is 7.04. The average molecular weight is 527 g/mol. The van der Waals surface area contributed by atoms with E-state index in [1.165, 1.54) is 4.90 Å². The molecule has 29 heavy (non-hydrogen) atoms. The van der Waals surface area contributed by atoms with Crippen LogP contribution in [0.4, 0.5) is 5.69 Å². The molecule has 2 saturated carbocycles. The topological polar surface area (TPSA) is 63.7 Å². The van der Waals surface area contributed by atoms with Gasteiger partial charge in [-0.2, -0.15) is 0 Å². The van der Waals surface area contributed by atoms with Crippen LogP contribution in [0.2, 0.25) is 0 Å². The van der Waals surface area contributed by atoms with Crippen molar-refractivity contribution < 1.29 is 19.1 Å². The minimum absolute atomic E-state index is 0.126. The lowest BCUT2D eigenvalue weighted by atomic mass is 9.81. The molecule has 3 fully saturated rings. The molecule has 156 valence electrons. The molecule has 4 rings (SSSR count). The molecule has 0 spiro atoms. The number of esters is 1. The average Bonchev–Trinajstić information content (AvgIpc) is 3.30. The van der Waals surface area contributed by atoms with Gasteiger partial charge in [0.05, 0.1) is 17.5 Å². The van der Waals surface area contributed by atoms with Crippen LogP contribution in [0.5, 0.6) is 5.75 Å². The van der Waals surface area contributed by atoms with E-state index < -0.39 is 0 Å². The molecule has 6 atom stereocenters. The summed E-state index contributed by atoms with van der Waals surface area (Å²) in [5.74, 6) is -0.304. The summed E-state index contributed by atoms with van der Waals surface area (Å²) in [6.45, 7) is 2.13. The van der Waals surface area contributed by atoms with E-state index in [9.17, 15) is 14.4 Å². The highest BCUT2D eigenvalue weighted by Crippen LogP contribution is 2.60. The number of imide groups is 1. The Kier molecular flexibility index (Phi) is 6.17. The van der Waals surface area contributed by atoms with Crippen molar-refractivity contribution in [1.29, 1.82) is 0 Å². The predicted molar refractivity (Wildman–Crippen MR) is 117 cm³/mol. The number of benzene rings is 1. The zero-order valence-electron chi connectivity index (χ0n) is 16.4. The van der Waals surface area contributed by atoms with Crippen LogP contribution in [0, 0.1) is 23.7 Å². The number of carbonyl (C=O) groups is 3. The highest BCUT2D eigenvalue weighted by molar-refractivity contribution is 9.12. The summed E-state index contributed by atoms with van der Waals surface area (Å²) in [6.07, 6.45) is 5.32. The fraction of sp³-hybridized carbons (Fsp3) is 0.591. The van der Waals surface area contributed by atoms with Crippen molar-refractivity contribution >= 4 is 55.3 Å². The highest BCUT2D eigenvalue weighted by atomic mass is 79.9. The van der Waals surface area contributed by atoms with E-state index in [0.29, 0.717) is 17.9 Å². The van der Waals surface area contributed by atoms with Crippen LogP contribution in [0.3, 0.4) is 0 Å². The van der Waals surface area contributed by atoms with Gasteiger partial charge < -0.3 is 4.74 Å². The SMILES string of the molecule is CCCCCCC(=O)Oc1cccc(N2C(=O)[C@@H]3[C@H]4C[C@@H]([C@@H](Br)[C@@H]4Br)[C@@H]3C2=O)c1. The second-order valence-corrected chi connectivity index (χ2v) is 10.4. The van der Waals surface area contributed by atoms with E-state index in [1.807, 2.05) is 0 Å². The molecule has 5 nitrogen and oxygen atoms in total. The normalized spacial score (nSPS) is 32.7. The second-order valence-electron chi connectivity index (χ2n) is 8.30. The van der Waals surface area contributed by atoms with Crippen LogP contribution in [-0.2, 0) is 14.4 Å². The molecule has 2 amide bonds. The van der Waals surface area contributed by atoms with Gasteiger partial charge in [-0.1, -0.05) is 64.1 Å². The van der Waals surface area contributed by atoms with Crippen molar-refractivity contribution in [2.75, 3.05) is 4.90 Å². The van der Waals surface area contributed by atoms with E-state index in [0.717, 1.165) is 32.1 Å². The highest BCUT2D eigenvalue weighted by Gasteiger charge is 2.66. The van der Waals surface area contributed by atoms with Crippen molar-refractivity contribution in [1.82, 2.24) is 0 Å². The van der Waals surface area contributed by atoms with Crippen LogP contribution in [0.1, 0.15) is 45.4 Å². The number of ether oxygens (including phenoxy) is 1. The molecule has 1 aromatic rings. The van der Waals surface area contributed by atoms with Gasteiger partial charge in [0.2, 0.25) is 11.8 Å². The molecule has 2 aliphatic carbocycles. The summed E-state index contributed by atoms with van der Waals surface area (Å²) in [7, 11) is 0. The Labute approximate surface area is 187 Å². The molecule has 2 bridgehead atoms. The van der Waals surface area contributed by atoms with Gasteiger partial charge in [0.25, 0.3) is 0 Å². The number of carbonyl (C=O) groups excluding carboxylic acids is 3. The lowest BCUT2D eigenvalue weighted by Gasteiger charge is -2.28. The summed E-state index contributed by atoms with van der Waals surface area (Å²) < 4.78 is 5.44. The molecule has 0 radical (unpaired) electrons. The van der Waals surface area contributed by atoms with E-state index in [4.69, 9.17) is 4.74 Å². The van der Waals surface area contributed by atoms with Crippen molar-refractivity contribution in [3.05, 3.63) is 24.3 Å². The van der Waals surface area contributed by atoms with Crippen LogP contribution in [0.25, 0.3) is 0 Å². The Morgan fingerprint density at radius 2 is 1.72 bits per heavy atom. The van der Waals surface area contributed by atoms with Crippen LogP contribution in [0.15, 0.2) is 24.3 Å². The number of hydrogen-bond donors (Lipinski definition) is 0. The zero-order valence-corrected chi connectivity index (χ0v) is 19.5. The third-order valence-corrected chi connectivity index (χ3v) is 9.74. The summed E-state index contributed by atoms with van der Waals surface area (Å²) in [5, 5.41) is 0. The number of amides is 2. The maximum Gasteiger partial charge on any atom is 0.311 e. The first-order valence-corrected chi connectivity index (χ1v) is 12.2. The van der Waals surface area contributed by atoms with Crippen LogP contribution < -0.4 is 9.64 Å². The Morgan fingerprint density at radius 3 is 2.34 bits per heavy atom. The van der Waals surface area contributed by atoms with Crippen molar-refractivity contribution in [3.8, 4) is 5.75 Å². The van der Waals surface area contributed by atoms with E-state index in [1.54, 1.807) is 24.3 Å². The second kappa shape index (κ2) is 8.50. The lowest BCUT2D eigenvalue weighted by molar-refractivity contribution is -0.134.